The first-order valence-electron chi connectivity index (χ1n) is 5.28. The molecule has 0 amide bonds. The predicted molar refractivity (Wildman–Crippen MR) is 72.1 cm³/mol. The molecular weight excluding hydrogens is 228 g/mol. The third kappa shape index (κ3) is 4.17. The second kappa shape index (κ2) is 5.28. The molecule has 1 aliphatic rings. The third-order valence-electron chi connectivity index (χ3n) is 2.07. The van der Waals surface area contributed by atoms with E-state index in [1.807, 2.05) is 0 Å². The van der Waals surface area contributed by atoms with Crippen LogP contribution < -0.4 is 0 Å². The van der Waals surface area contributed by atoms with Gasteiger partial charge < -0.3 is 4.74 Å². The normalized spacial score (nSPS) is 28.7. The predicted octanol–water partition coefficient (Wildman–Crippen LogP) is 3.46. The highest BCUT2D eigenvalue weighted by atomic mass is 32.2. The molecule has 1 saturated heterocycles. The van der Waals surface area contributed by atoms with Gasteiger partial charge in [0.1, 0.15) is 0 Å². The summed E-state index contributed by atoms with van der Waals surface area (Å²) in [6.07, 6.45) is 0.381. The van der Waals surface area contributed by atoms with Crippen LogP contribution in [0.1, 0.15) is 13.8 Å². The van der Waals surface area contributed by atoms with Gasteiger partial charge in [-0.25, -0.2) is 0 Å². The van der Waals surface area contributed by atoms with E-state index in [9.17, 15) is 0 Å². The summed E-state index contributed by atoms with van der Waals surface area (Å²) >= 11 is 4.31. The Kier molecular flexibility index (Phi) is 4.88. The van der Waals surface area contributed by atoms with Crippen molar-refractivity contribution in [3.63, 3.8) is 0 Å². The van der Waals surface area contributed by atoms with Crippen molar-refractivity contribution in [1.82, 2.24) is 0 Å². The lowest BCUT2D eigenvalue weighted by molar-refractivity contribution is 0.0827. The summed E-state index contributed by atoms with van der Waals surface area (Å²) in [5.41, 5.74) is 0. The number of ether oxygens (including phenoxy) is 1. The highest BCUT2D eigenvalue weighted by molar-refractivity contribution is 8.22. The first kappa shape index (κ1) is 12.9. The van der Waals surface area contributed by atoms with Gasteiger partial charge >= 0.3 is 0 Å². The van der Waals surface area contributed by atoms with Gasteiger partial charge in [-0.3, -0.25) is 0 Å². The fraction of sp³-hybridized carbons (Fsp3) is 1.00. The van der Waals surface area contributed by atoms with Crippen molar-refractivity contribution in [3.8, 4) is 0 Å². The van der Waals surface area contributed by atoms with Gasteiger partial charge in [-0.05, 0) is 13.8 Å². The van der Waals surface area contributed by atoms with Crippen LogP contribution in [0.15, 0.2) is 0 Å². The molecule has 1 aliphatic heterocycles. The molecule has 0 aromatic rings. The van der Waals surface area contributed by atoms with Crippen molar-refractivity contribution in [2.24, 2.45) is 0 Å². The van der Waals surface area contributed by atoms with E-state index in [2.05, 4.69) is 57.0 Å². The second-order valence-corrected chi connectivity index (χ2v) is 14.2. The van der Waals surface area contributed by atoms with E-state index in [0.717, 1.165) is 16.1 Å². The van der Waals surface area contributed by atoms with Crippen molar-refractivity contribution in [2.45, 2.75) is 49.0 Å². The Hall–Kier alpha value is 0.877. The van der Waals surface area contributed by atoms with Crippen molar-refractivity contribution >= 4 is 31.6 Å². The van der Waals surface area contributed by atoms with Gasteiger partial charge in [0.15, 0.2) is 0 Å². The molecule has 2 atom stereocenters. The average molecular weight is 251 g/mol. The standard InChI is InChI=1S/C10H22OS2Si/c1-8(2)11-6-9-7-12-10(13-9)14(3,4)5/h8-10H,6-7H2,1-5H3. The monoisotopic (exact) mass is 250 g/mol. The summed E-state index contributed by atoms with van der Waals surface area (Å²) < 4.78 is 6.55. The molecule has 4 heteroatoms. The molecule has 14 heavy (non-hydrogen) atoms. The summed E-state index contributed by atoms with van der Waals surface area (Å²) in [4.78, 5) is 0. The zero-order valence-electron chi connectivity index (χ0n) is 9.87. The van der Waals surface area contributed by atoms with Crippen LogP contribution in [0.4, 0.5) is 0 Å². The van der Waals surface area contributed by atoms with Gasteiger partial charge in [-0.2, -0.15) is 0 Å². The largest absolute Gasteiger partial charge is 0.378 e. The van der Waals surface area contributed by atoms with Gasteiger partial charge in [0, 0.05) is 15.2 Å². The van der Waals surface area contributed by atoms with Crippen LogP contribution in [-0.4, -0.2) is 36.0 Å². The molecule has 0 N–H and O–H groups in total. The third-order valence-corrected chi connectivity index (χ3v) is 11.4. The van der Waals surface area contributed by atoms with E-state index in [1.54, 1.807) is 0 Å². The molecule has 1 heterocycles. The lowest BCUT2D eigenvalue weighted by Gasteiger charge is -2.23. The highest BCUT2D eigenvalue weighted by Gasteiger charge is 2.35. The van der Waals surface area contributed by atoms with Crippen molar-refractivity contribution in [3.05, 3.63) is 0 Å². The Bertz CT molecular complexity index is 179. The SMILES string of the molecule is CC(C)OCC1CSC([Si](C)(C)C)S1. The van der Waals surface area contributed by atoms with Crippen LogP contribution in [-0.2, 0) is 4.74 Å². The molecule has 1 nitrogen and oxygen atoms in total. The Balaban J connectivity index is 2.27. The van der Waals surface area contributed by atoms with Crippen LogP contribution in [0.2, 0.25) is 19.6 Å². The van der Waals surface area contributed by atoms with Crippen LogP contribution in [0.5, 0.6) is 0 Å². The molecule has 0 radical (unpaired) electrons. The Morgan fingerprint density at radius 2 is 2.00 bits per heavy atom. The zero-order valence-corrected chi connectivity index (χ0v) is 12.5. The molecule has 1 fully saturated rings. The molecule has 0 aromatic carbocycles. The number of hydrogen-bond acceptors (Lipinski definition) is 3. The number of thioether (sulfide) groups is 2. The van der Waals surface area contributed by atoms with Gasteiger partial charge in [-0.15, -0.1) is 23.5 Å². The lowest BCUT2D eigenvalue weighted by atomic mass is 10.4. The summed E-state index contributed by atoms with van der Waals surface area (Å²) in [5.74, 6) is 1.28. The minimum Gasteiger partial charge on any atom is -0.378 e. The van der Waals surface area contributed by atoms with Gasteiger partial charge in [0.2, 0.25) is 0 Å². The molecule has 2 unspecified atom stereocenters. The molecule has 1 rings (SSSR count). The molecule has 84 valence electrons. The molecule has 0 bridgehead atoms. The van der Waals surface area contributed by atoms with E-state index in [1.165, 1.54) is 5.75 Å². The number of rotatable bonds is 4. The maximum Gasteiger partial charge on any atom is 0.0713 e. The van der Waals surface area contributed by atoms with Crippen LogP contribution >= 0.6 is 23.5 Å². The minimum atomic E-state index is -0.952. The first-order valence-corrected chi connectivity index (χ1v) is 10.8. The average Bonchev–Trinajstić information content (AvgIpc) is 2.47. The Morgan fingerprint density at radius 3 is 2.43 bits per heavy atom. The van der Waals surface area contributed by atoms with Crippen molar-refractivity contribution in [2.75, 3.05) is 12.4 Å². The van der Waals surface area contributed by atoms with Crippen molar-refractivity contribution < 1.29 is 4.74 Å². The maximum atomic E-state index is 5.67. The topological polar surface area (TPSA) is 9.23 Å². The molecule has 0 aromatic heterocycles. The van der Waals surface area contributed by atoms with E-state index in [4.69, 9.17) is 4.74 Å². The lowest BCUT2D eigenvalue weighted by Crippen LogP contribution is -2.32. The van der Waals surface area contributed by atoms with E-state index in [-0.39, 0.29) is 0 Å². The van der Waals surface area contributed by atoms with Gasteiger partial charge in [-0.1, -0.05) is 19.6 Å². The maximum absolute atomic E-state index is 5.67. The Labute approximate surface area is 97.8 Å². The van der Waals surface area contributed by atoms with Crippen LogP contribution in [0.3, 0.4) is 0 Å². The highest BCUT2D eigenvalue weighted by Crippen LogP contribution is 2.42. The van der Waals surface area contributed by atoms with Gasteiger partial charge in [0.25, 0.3) is 0 Å². The van der Waals surface area contributed by atoms with E-state index >= 15 is 0 Å². The van der Waals surface area contributed by atoms with Gasteiger partial charge in [0.05, 0.1) is 20.8 Å². The minimum absolute atomic E-state index is 0.381. The fourth-order valence-corrected chi connectivity index (χ4v) is 8.35. The van der Waals surface area contributed by atoms with Crippen LogP contribution in [0.25, 0.3) is 0 Å². The quantitative estimate of drug-likeness (QED) is 0.707. The second-order valence-electron chi connectivity index (χ2n) is 5.17. The van der Waals surface area contributed by atoms with E-state index in [0.29, 0.717) is 6.10 Å². The zero-order chi connectivity index (χ0) is 10.8. The smallest absolute Gasteiger partial charge is 0.0713 e. The molecule has 0 saturated carbocycles. The molecular formula is C10H22OS2Si. The van der Waals surface area contributed by atoms with Crippen molar-refractivity contribution in [1.29, 1.82) is 0 Å². The number of hydrogen-bond donors (Lipinski definition) is 0. The Morgan fingerprint density at radius 1 is 1.36 bits per heavy atom. The molecule has 0 spiro atoms. The summed E-state index contributed by atoms with van der Waals surface area (Å²) in [5, 5.41) is 0.735. The summed E-state index contributed by atoms with van der Waals surface area (Å²) in [7, 11) is -0.952. The van der Waals surface area contributed by atoms with Crippen LogP contribution in [0, 0.1) is 0 Å². The fourth-order valence-electron chi connectivity index (χ4n) is 1.29. The van der Waals surface area contributed by atoms with E-state index < -0.39 is 8.07 Å². The summed E-state index contributed by atoms with van der Waals surface area (Å²) in [6, 6.07) is 0. The first-order chi connectivity index (χ1) is 6.39. The molecule has 0 aliphatic carbocycles. The summed E-state index contributed by atoms with van der Waals surface area (Å²) in [6.45, 7) is 12.6.